The second kappa shape index (κ2) is 5.57. The van der Waals surface area contributed by atoms with Crippen LogP contribution in [0.3, 0.4) is 0 Å². The fourth-order valence-corrected chi connectivity index (χ4v) is 1.91. The molecule has 0 saturated carbocycles. The minimum Gasteiger partial charge on any atom is -0.497 e. The van der Waals surface area contributed by atoms with Crippen LogP contribution in [0.1, 0.15) is 21.5 Å². The summed E-state index contributed by atoms with van der Waals surface area (Å²) >= 11 is 0. The first-order valence-corrected chi connectivity index (χ1v) is 6.13. The quantitative estimate of drug-likeness (QED) is 0.910. The Labute approximate surface area is 113 Å². The van der Waals surface area contributed by atoms with E-state index in [0.29, 0.717) is 11.3 Å². The van der Waals surface area contributed by atoms with Gasteiger partial charge in [-0.2, -0.15) is 0 Å². The lowest BCUT2D eigenvalue weighted by Crippen LogP contribution is -2.12. The number of methoxy groups -OCH3 is 1. The van der Waals surface area contributed by atoms with E-state index in [1.54, 1.807) is 25.3 Å². The monoisotopic (exact) mass is 255 g/mol. The first-order valence-electron chi connectivity index (χ1n) is 6.13. The fraction of sp³-hybridized carbons (Fsp3) is 0.188. The molecule has 0 bridgehead atoms. The Bertz CT molecular complexity index is 605. The van der Waals surface area contributed by atoms with Crippen LogP contribution in [-0.2, 0) is 0 Å². The zero-order chi connectivity index (χ0) is 13.8. The van der Waals surface area contributed by atoms with Crippen molar-refractivity contribution in [3.05, 3.63) is 59.2 Å². The number of rotatable bonds is 3. The normalized spacial score (nSPS) is 10.1. The maximum atomic E-state index is 12.2. The number of ether oxygens (including phenoxy) is 1. The summed E-state index contributed by atoms with van der Waals surface area (Å²) in [7, 11) is 1.58. The van der Waals surface area contributed by atoms with Gasteiger partial charge in [0.2, 0.25) is 0 Å². The van der Waals surface area contributed by atoms with Crippen LogP contribution in [0.2, 0.25) is 0 Å². The number of amides is 1. The minimum atomic E-state index is -0.133. The molecule has 0 aliphatic heterocycles. The summed E-state index contributed by atoms with van der Waals surface area (Å²) in [6, 6.07) is 13.0. The van der Waals surface area contributed by atoms with Crippen LogP contribution < -0.4 is 10.1 Å². The zero-order valence-electron chi connectivity index (χ0n) is 11.4. The summed E-state index contributed by atoms with van der Waals surface area (Å²) in [5, 5.41) is 2.91. The topological polar surface area (TPSA) is 38.3 Å². The van der Waals surface area contributed by atoms with Gasteiger partial charge in [0.25, 0.3) is 5.91 Å². The summed E-state index contributed by atoms with van der Waals surface area (Å²) in [4.78, 5) is 12.2. The van der Waals surface area contributed by atoms with Crippen LogP contribution in [0.25, 0.3) is 0 Å². The molecule has 0 spiro atoms. The van der Waals surface area contributed by atoms with E-state index in [4.69, 9.17) is 4.74 Å². The van der Waals surface area contributed by atoms with E-state index in [1.807, 2.05) is 38.1 Å². The Morgan fingerprint density at radius 3 is 2.58 bits per heavy atom. The first-order chi connectivity index (χ1) is 9.10. The van der Waals surface area contributed by atoms with E-state index in [0.717, 1.165) is 11.3 Å². The lowest BCUT2D eigenvalue weighted by molar-refractivity contribution is 0.102. The Balaban J connectivity index is 2.20. The molecule has 0 heterocycles. The number of benzene rings is 2. The molecule has 0 fully saturated rings. The van der Waals surface area contributed by atoms with E-state index in [1.165, 1.54) is 5.56 Å². The van der Waals surface area contributed by atoms with Gasteiger partial charge in [-0.3, -0.25) is 4.79 Å². The van der Waals surface area contributed by atoms with E-state index >= 15 is 0 Å². The number of carbonyl (C=O) groups excluding carboxylic acids is 1. The molecule has 0 atom stereocenters. The number of aryl methyl sites for hydroxylation is 2. The molecule has 0 saturated heterocycles. The SMILES string of the molecule is COc1cccc(C(=O)Nc2ccc(C)cc2C)c1. The van der Waals surface area contributed by atoms with Crippen molar-refractivity contribution in [3.63, 3.8) is 0 Å². The highest BCUT2D eigenvalue weighted by Gasteiger charge is 2.08. The van der Waals surface area contributed by atoms with Crippen molar-refractivity contribution in [2.24, 2.45) is 0 Å². The van der Waals surface area contributed by atoms with Crippen molar-refractivity contribution in [2.45, 2.75) is 13.8 Å². The molecule has 98 valence electrons. The number of hydrogen-bond acceptors (Lipinski definition) is 2. The average molecular weight is 255 g/mol. The molecule has 3 nitrogen and oxygen atoms in total. The summed E-state index contributed by atoms with van der Waals surface area (Å²) in [6.07, 6.45) is 0. The van der Waals surface area contributed by atoms with Crippen LogP contribution in [0.5, 0.6) is 5.75 Å². The molecule has 1 amide bonds. The van der Waals surface area contributed by atoms with Crippen LogP contribution in [0, 0.1) is 13.8 Å². The van der Waals surface area contributed by atoms with Crippen molar-refractivity contribution in [2.75, 3.05) is 12.4 Å². The van der Waals surface area contributed by atoms with E-state index < -0.39 is 0 Å². The number of hydrogen-bond donors (Lipinski definition) is 1. The molecule has 1 N–H and O–H groups in total. The lowest BCUT2D eigenvalue weighted by Gasteiger charge is -2.09. The Morgan fingerprint density at radius 2 is 1.89 bits per heavy atom. The first kappa shape index (κ1) is 13.1. The Kier molecular flexibility index (Phi) is 3.85. The maximum Gasteiger partial charge on any atom is 0.255 e. The molecular weight excluding hydrogens is 238 g/mol. The third-order valence-electron chi connectivity index (χ3n) is 2.96. The predicted octanol–water partition coefficient (Wildman–Crippen LogP) is 3.56. The van der Waals surface area contributed by atoms with Crippen molar-refractivity contribution < 1.29 is 9.53 Å². The molecule has 2 aromatic rings. The van der Waals surface area contributed by atoms with Crippen LogP contribution in [0.4, 0.5) is 5.69 Å². The average Bonchev–Trinajstić information content (AvgIpc) is 2.42. The highest BCUT2D eigenvalue weighted by Crippen LogP contribution is 2.18. The third kappa shape index (κ3) is 3.13. The van der Waals surface area contributed by atoms with Crippen LogP contribution >= 0.6 is 0 Å². The van der Waals surface area contributed by atoms with Gasteiger partial charge in [0.15, 0.2) is 0 Å². The summed E-state index contributed by atoms with van der Waals surface area (Å²) in [6.45, 7) is 4.01. The van der Waals surface area contributed by atoms with E-state index in [-0.39, 0.29) is 5.91 Å². The van der Waals surface area contributed by atoms with Crippen molar-refractivity contribution in [1.82, 2.24) is 0 Å². The molecule has 19 heavy (non-hydrogen) atoms. The van der Waals surface area contributed by atoms with Gasteiger partial charge in [-0.15, -0.1) is 0 Å². The zero-order valence-corrected chi connectivity index (χ0v) is 11.4. The van der Waals surface area contributed by atoms with Crippen LogP contribution in [0.15, 0.2) is 42.5 Å². The van der Waals surface area contributed by atoms with Gasteiger partial charge >= 0.3 is 0 Å². The highest BCUT2D eigenvalue weighted by atomic mass is 16.5. The van der Waals surface area contributed by atoms with Gasteiger partial charge in [-0.05, 0) is 43.7 Å². The highest BCUT2D eigenvalue weighted by molar-refractivity contribution is 6.04. The second-order valence-corrected chi connectivity index (χ2v) is 4.50. The minimum absolute atomic E-state index is 0.133. The number of carbonyl (C=O) groups is 1. The molecule has 3 heteroatoms. The Morgan fingerprint density at radius 1 is 1.11 bits per heavy atom. The summed E-state index contributed by atoms with van der Waals surface area (Å²) < 4.78 is 5.11. The molecule has 2 aromatic carbocycles. The van der Waals surface area contributed by atoms with Crippen LogP contribution in [-0.4, -0.2) is 13.0 Å². The van der Waals surface area contributed by atoms with E-state index in [2.05, 4.69) is 5.32 Å². The smallest absolute Gasteiger partial charge is 0.255 e. The maximum absolute atomic E-state index is 12.2. The predicted molar refractivity (Wildman–Crippen MR) is 76.9 cm³/mol. The molecule has 0 radical (unpaired) electrons. The largest absolute Gasteiger partial charge is 0.497 e. The molecule has 0 unspecified atom stereocenters. The molecular formula is C16H17NO2. The molecule has 2 rings (SSSR count). The number of anilines is 1. The van der Waals surface area contributed by atoms with E-state index in [9.17, 15) is 4.79 Å². The molecule has 0 aliphatic carbocycles. The lowest BCUT2D eigenvalue weighted by atomic mass is 10.1. The van der Waals surface area contributed by atoms with Gasteiger partial charge in [0.1, 0.15) is 5.75 Å². The number of nitrogens with one attached hydrogen (secondary N) is 1. The molecule has 0 aliphatic rings. The Hall–Kier alpha value is -2.29. The fourth-order valence-electron chi connectivity index (χ4n) is 1.91. The van der Waals surface area contributed by atoms with Crippen molar-refractivity contribution in [3.8, 4) is 5.75 Å². The van der Waals surface area contributed by atoms with Gasteiger partial charge in [-0.25, -0.2) is 0 Å². The van der Waals surface area contributed by atoms with Gasteiger partial charge in [0, 0.05) is 11.3 Å². The third-order valence-corrected chi connectivity index (χ3v) is 2.96. The standard InChI is InChI=1S/C16H17NO2/c1-11-7-8-15(12(2)9-11)17-16(18)13-5-4-6-14(10-13)19-3/h4-10H,1-3H3,(H,17,18). The second-order valence-electron chi connectivity index (χ2n) is 4.50. The van der Waals surface area contributed by atoms with Gasteiger partial charge < -0.3 is 10.1 Å². The molecule has 0 aromatic heterocycles. The van der Waals surface area contributed by atoms with Gasteiger partial charge in [0.05, 0.1) is 7.11 Å². The van der Waals surface area contributed by atoms with Crippen molar-refractivity contribution in [1.29, 1.82) is 0 Å². The van der Waals surface area contributed by atoms with Gasteiger partial charge in [-0.1, -0.05) is 23.8 Å². The van der Waals surface area contributed by atoms with Crippen molar-refractivity contribution >= 4 is 11.6 Å². The summed E-state index contributed by atoms with van der Waals surface area (Å²) in [5.74, 6) is 0.541. The summed E-state index contributed by atoms with van der Waals surface area (Å²) in [5.41, 5.74) is 3.64.